The maximum absolute atomic E-state index is 8.90. The van der Waals surface area contributed by atoms with E-state index in [-0.39, 0.29) is 12.0 Å². The monoisotopic (exact) mass is 251 g/mol. The number of rotatable bonds is 6. The predicted octanol–water partition coefficient (Wildman–Crippen LogP) is 2.11. The van der Waals surface area contributed by atoms with E-state index >= 15 is 0 Å². The van der Waals surface area contributed by atoms with Gasteiger partial charge in [-0.05, 0) is 19.3 Å². The van der Waals surface area contributed by atoms with E-state index < -0.39 is 0 Å². The van der Waals surface area contributed by atoms with E-state index in [1.807, 2.05) is 0 Å². The van der Waals surface area contributed by atoms with Crippen LogP contribution in [0.25, 0.3) is 0 Å². The third-order valence-corrected chi connectivity index (χ3v) is 3.63. The molecule has 0 aliphatic heterocycles. The van der Waals surface area contributed by atoms with Crippen molar-refractivity contribution in [3.8, 4) is 0 Å². The van der Waals surface area contributed by atoms with Crippen LogP contribution in [0.5, 0.6) is 0 Å². The molecule has 3 heteroatoms. The predicted molar refractivity (Wildman–Crippen MR) is 61.4 cm³/mol. The Bertz CT molecular complexity index is 137. The van der Waals surface area contributed by atoms with Gasteiger partial charge in [0, 0.05) is 24.5 Å². The maximum Gasteiger partial charge on any atom is 0.0558 e. The van der Waals surface area contributed by atoms with Gasteiger partial charge in [-0.15, -0.1) is 0 Å². The summed E-state index contributed by atoms with van der Waals surface area (Å²) in [5.74, 6) is 0. The lowest BCUT2D eigenvalue weighted by molar-refractivity contribution is 0.126. The molecule has 0 saturated heterocycles. The zero-order valence-electron chi connectivity index (χ0n) is 9.18. The van der Waals surface area contributed by atoms with Crippen molar-refractivity contribution in [2.45, 2.75) is 33.7 Å². The van der Waals surface area contributed by atoms with Gasteiger partial charge < -0.3 is 5.11 Å². The molecule has 0 rings (SSSR count). The van der Waals surface area contributed by atoms with Gasteiger partial charge in [-0.1, -0.05) is 29.8 Å². The summed E-state index contributed by atoms with van der Waals surface area (Å²) < 4.78 is 0. The van der Waals surface area contributed by atoms with Gasteiger partial charge in [0.2, 0.25) is 0 Å². The summed E-state index contributed by atoms with van der Waals surface area (Å²) >= 11 is 3.51. The highest BCUT2D eigenvalue weighted by Gasteiger charge is 2.21. The lowest BCUT2D eigenvalue weighted by Crippen LogP contribution is -2.41. The fraction of sp³-hybridized carbons (Fsp3) is 1.00. The number of alkyl halides is 1. The highest BCUT2D eigenvalue weighted by Crippen LogP contribution is 2.20. The Kier molecular flexibility index (Phi) is 6.18. The second-order valence-electron chi connectivity index (χ2n) is 4.59. The molecule has 0 unspecified atom stereocenters. The van der Waals surface area contributed by atoms with Gasteiger partial charge >= 0.3 is 0 Å². The summed E-state index contributed by atoms with van der Waals surface area (Å²) in [6.45, 7) is 10.8. The normalized spacial score (nSPS) is 12.9. The quantitative estimate of drug-likeness (QED) is 0.732. The first kappa shape index (κ1) is 13.4. The van der Waals surface area contributed by atoms with Crippen LogP contribution in [0.2, 0.25) is 0 Å². The van der Waals surface area contributed by atoms with E-state index in [0.717, 1.165) is 18.4 Å². The minimum atomic E-state index is 0.247. The minimum Gasteiger partial charge on any atom is -0.395 e. The molecule has 0 fully saturated rings. The van der Waals surface area contributed by atoms with E-state index in [1.54, 1.807) is 0 Å². The van der Waals surface area contributed by atoms with Crippen molar-refractivity contribution >= 4 is 15.9 Å². The molecule has 0 bridgehead atoms. The van der Waals surface area contributed by atoms with E-state index in [2.05, 4.69) is 48.5 Å². The Hall–Kier alpha value is 0.400. The molecule has 0 atom stereocenters. The van der Waals surface area contributed by atoms with E-state index in [9.17, 15) is 0 Å². The van der Waals surface area contributed by atoms with E-state index in [4.69, 9.17) is 5.11 Å². The van der Waals surface area contributed by atoms with Crippen molar-refractivity contribution in [2.75, 3.05) is 25.0 Å². The molecular formula is C10H22BrNO. The molecule has 0 aliphatic rings. The third kappa shape index (κ3) is 5.66. The number of hydrogen-bond acceptors (Lipinski definition) is 2. The van der Waals surface area contributed by atoms with Crippen molar-refractivity contribution in [3.63, 3.8) is 0 Å². The smallest absolute Gasteiger partial charge is 0.0558 e. The molecule has 0 radical (unpaired) electrons. The van der Waals surface area contributed by atoms with Crippen molar-refractivity contribution < 1.29 is 5.11 Å². The summed E-state index contributed by atoms with van der Waals surface area (Å²) in [5, 5.41) is 9.90. The average Bonchev–Trinajstić information content (AvgIpc) is 2.03. The van der Waals surface area contributed by atoms with Crippen LogP contribution in [0, 0.1) is 5.41 Å². The SMILES string of the molecule is CC(C)N(CCO)CC(C)(C)CBr. The first-order valence-electron chi connectivity index (χ1n) is 4.84. The molecule has 2 nitrogen and oxygen atoms in total. The van der Waals surface area contributed by atoms with Crippen molar-refractivity contribution in [1.82, 2.24) is 4.90 Å². The summed E-state index contributed by atoms with van der Waals surface area (Å²) in [6.07, 6.45) is 0. The number of aliphatic hydroxyl groups is 1. The fourth-order valence-electron chi connectivity index (χ4n) is 1.24. The van der Waals surface area contributed by atoms with Gasteiger partial charge in [0.25, 0.3) is 0 Å². The number of halogens is 1. The first-order valence-corrected chi connectivity index (χ1v) is 5.96. The molecule has 0 aromatic heterocycles. The molecular weight excluding hydrogens is 230 g/mol. The maximum atomic E-state index is 8.90. The topological polar surface area (TPSA) is 23.5 Å². The van der Waals surface area contributed by atoms with Crippen LogP contribution in [0.3, 0.4) is 0 Å². The van der Waals surface area contributed by atoms with Crippen LogP contribution >= 0.6 is 15.9 Å². The second kappa shape index (κ2) is 5.99. The molecule has 0 heterocycles. The van der Waals surface area contributed by atoms with Crippen LogP contribution in [-0.4, -0.2) is 41.1 Å². The molecule has 0 aromatic rings. The number of hydrogen-bond donors (Lipinski definition) is 1. The van der Waals surface area contributed by atoms with Gasteiger partial charge in [-0.25, -0.2) is 0 Å². The molecule has 0 aliphatic carbocycles. The van der Waals surface area contributed by atoms with E-state index in [0.29, 0.717) is 6.04 Å². The van der Waals surface area contributed by atoms with Crippen LogP contribution in [0.4, 0.5) is 0 Å². The Morgan fingerprint density at radius 1 is 1.38 bits per heavy atom. The van der Waals surface area contributed by atoms with Crippen LogP contribution in [-0.2, 0) is 0 Å². The Balaban J connectivity index is 4.08. The Morgan fingerprint density at radius 3 is 2.23 bits per heavy atom. The van der Waals surface area contributed by atoms with Crippen LogP contribution < -0.4 is 0 Å². The lowest BCUT2D eigenvalue weighted by atomic mass is 9.95. The lowest BCUT2D eigenvalue weighted by Gasteiger charge is -2.33. The van der Waals surface area contributed by atoms with Gasteiger partial charge in [0.15, 0.2) is 0 Å². The highest BCUT2D eigenvalue weighted by atomic mass is 79.9. The molecule has 80 valence electrons. The molecule has 0 aromatic carbocycles. The van der Waals surface area contributed by atoms with Gasteiger partial charge in [0.1, 0.15) is 0 Å². The molecule has 0 saturated carbocycles. The fourth-order valence-corrected chi connectivity index (χ4v) is 1.42. The van der Waals surface area contributed by atoms with E-state index in [1.165, 1.54) is 0 Å². The molecule has 1 N–H and O–H groups in total. The number of aliphatic hydroxyl groups excluding tert-OH is 1. The van der Waals surface area contributed by atoms with Gasteiger partial charge in [0.05, 0.1) is 6.61 Å². The number of nitrogens with zero attached hydrogens (tertiary/aromatic N) is 1. The van der Waals surface area contributed by atoms with Crippen LogP contribution in [0.1, 0.15) is 27.7 Å². The van der Waals surface area contributed by atoms with Gasteiger partial charge in [-0.2, -0.15) is 0 Å². The van der Waals surface area contributed by atoms with Crippen LogP contribution in [0.15, 0.2) is 0 Å². The summed E-state index contributed by atoms with van der Waals surface area (Å²) in [5.41, 5.74) is 0.277. The zero-order chi connectivity index (χ0) is 10.5. The van der Waals surface area contributed by atoms with Crippen molar-refractivity contribution in [2.24, 2.45) is 5.41 Å². The Morgan fingerprint density at radius 2 is 1.92 bits per heavy atom. The second-order valence-corrected chi connectivity index (χ2v) is 5.15. The third-order valence-electron chi connectivity index (χ3n) is 2.11. The molecule has 13 heavy (non-hydrogen) atoms. The summed E-state index contributed by atoms with van der Waals surface area (Å²) in [7, 11) is 0. The largest absolute Gasteiger partial charge is 0.395 e. The standard InChI is InChI=1S/C10H22BrNO/c1-9(2)12(5-6-13)8-10(3,4)7-11/h9,13H,5-8H2,1-4H3. The molecule has 0 spiro atoms. The average molecular weight is 252 g/mol. The Labute approximate surface area is 90.4 Å². The van der Waals surface area contributed by atoms with Gasteiger partial charge in [-0.3, -0.25) is 4.90 Å². The zero-order valence-corrected chi connectivity index (χ0v) is 10.8. The summed E-state index contributed by atoms with van der Waals surface area (Å²) in [6, 6.07) is 0.505. The van der Waals surface area contributed by atoms with Crippen molar-refractivity contribution in [1.29, 1.82) is 0 Å². The highest BCUT2D eigenvalue weighted by molar-refractivity contribution is 9.09. The minimum absolute atomic E-state index is 0.247. The first-order chi connectivity index (χ1) is 5.93. The molecule has 0 amide bonds. The summed E-state index contributed by atoms with van der Waals surface area (Å²) in [4.78, 5) is 2.31. The van der Waals surface area contributed by atoms with Crippen molar-refractivity contribution in [3.05, 3.63) is 0 Å².